The van der Waals surface area contributed by atoms with Gasteiger partial charge >= 0.3 is 0 Å². The number of aliphatic hydroxyl groups excluding tert-OH is 1. The van der Waals surface area contributed by atoms with E-state index in [1.165, 1.54) is 24.2 Å². The molecule has 2 atom stereocenters. The van der Waals surface area contributed by atoms with Crippen LogP contribution in [0.15, 0.2) is 10.3 Å². The SMILES string of the molecule is Cc1cc(S(=O)(=O)NC2CCN3CCCCC23)sc1CO. The standard InChI is InChI=1S/C14H22N2O3S2/c1-10-8-14(20-13(10)9-17)21(18,19)15-11-5-7-16-6-3-2-4-12(11)16/h8,11-12,15,17H,2-7,9H2,1H3. The van der Waals surface area contributed by atoms with E-state index < -0.39 is 10.0 Å². The van der Waals surface area contributed by atoms with E-state index in [1.807, 2.05) is 6.92 Å². The molecule has 2 N–H and O–H groups in total. The van der Waals surface area contributed by atoms with E-state index in [2.05, 4.69) is 9.62 Å². The number of aliphatic hydroxyl groups is 1. The van der Waals surface area contributed by atoms with Gasteiger partial charge in [-0.05, 0) is 44.4 Å². The second-order valence-corrected chi connectivity index (χ2v) is 9.02. The first kappa shape index (κ1) is 15.4. The highest BCUT2D eigenvalue weighted by atomic mass is 32.2. The maximum atomic E-state index is 12.5. The number of hydrogen-bond acceptors (Lipinski definition) is 5. The first-order valence-electron chi connectivity index (χ1n) is 7.48. The van der Waals surface area contributed by atoms with Crippen molar-refractivity contribution in [1.29, 1.82) is 0 Å². The number of nitrogens with one attached hydrogen (secondary N) is 1. The number of hydrogen-bond donors (Lipinski definition) is 2. The Bertz CT molecular complexity index is 612. The average Bonchev–Trinajstić information content (AvgIpc) is 3.03. The van der Waals surface area contributed by atoms with Gasteiger partial charge < -0.3 is 5.11 Å². The molecule has 0 saturated carbocycles. The molecule has 0 aromatic carbocycles. The lowest BCUT2D eigenvalue weighted by molar-refractivity contribution is 0.186. The summed E-state index contributed by atoms with van der Waals surface area (Å²) in [4.78, 5) is 3.14. The van der Waals surface area contributed by atoms with Crippen molar-refractivity contribution in [3.63, 3.8) is 0 Å². The van der Waals surface area contributed by atoms with Gasteiger partial charge in [0, 0.05) is 23.5 Å². The maximum Gasteiger partial charge on any atom is 0.250 e. The number of thiophene rings is 1. The van der Waals surface area contributed by atoms with Gasteiger partial charge in [0.25, 0.3) is 0 Å². The molecular weight excluding hydrogens is 308 g/mol. The zero-order valence-electron chi connectivity index (χ0n) is 12.2. The summed E-state index contributed by atoms with van der Waals surface area (Å²) in [5.74, 6) is 0. The van der Waals surface area contributed by atoms with Crippen LogP contribution in [0.25, 0.3) is 0 Å². The smallest absolute Gasteiger partial charge is 0.250 e. The second kappa shape index (κ2) is 5.96. The highest BCUT2D eigenvalue weighted by molar-refractivity contribution is 7.91. The first-order valence-corrected chi connectivity index (χ1v) is 9.78. The summed E-state index contributed by atoms with van der Waals surface area (Å²) in [7, 11) is -3.48. The number of piperidine rings is 1. The lowest BCUT2D eigenvalue weighted by atomic mass is 10.00. The van der Waals surface area contributed by atoms with Crippen LogP contribution in [0, 0.1) is 6.92 Å². The summed E-state index contributed by atoms with van der Waals surface area (Å²) in [6.45, 7) is 3.81. The normalized spacial score (nSPS) is 27.0. The molecule has 0 bridgehead atoms. The molecule has 1 aromatic heterocycles. The minimum atomic E-state index is -3.48. The van der Waals surface area contributed by atoms with Crippen molar-refractivity contribution in [1.82, 2.24) is 9.62 Å². The van der Waals surface area contributed by atoms with E-state index in [0.717, 1.165) is 36.4 Å². The van der Waals surface area contributed by atoms with Gasteiger partial charge in [-0.1, -0.05) is 6.42 Å². The summed E-state index contributed by atoms with van der Waals surface area (Å²) < 4.78 is 28.3. The van der Waals surface area contributed by atoms with Gasteiger partial charge in [0.05, 0.1) is 6.61 Å². The van der Waals surface area contributed by atoms with E-state index in [1.54, 1.807) is 6.07 Å². The first-order chi connectivity index (χ1) is 10.0. The number of nitrogens with zero attached hydrogens (tertiary/aromatic N) is 1. The second-order valence-electron chi connectivity index (χ2n) is 5.95. The molecule has 21 heavy (non-hydrogen) atoms. The number of fused-ring (bicyclic) bond motifs is 1. The van der Waals surface area contributed by atoms with E-state index in [0.29, 0.717) is 10.3 Å². The molecule has 2 aliphatic rings. The van der Waals surface area contributed by atoms with Crippen molar-refractivity contribution >= 4 is 21.4 Å². The summed E-state index contributed by atoms with van der Waals surface area (Å²) in [5, 5.41) is 9.22. The molecule has 5 nitrogen and oxygen atoms in total. The minimum Gasteiger partial charge on any atom is -0.391 e. The van der Waals surface area contributed by atoms with Crippen molar-refractivity contribution in [2.24, 2.45) is 0 Å². The Morgan fingerprint density at radius 3 is 2.90 bits per heavy atom. The van der Waals surface area contributed by atoms with Gasteiger partial charge in [0.2, 0.25) is 10.0 Å². The Morgan fingerprint density at radius 2 is 2.19 bits per heavy atom. The third kappa shape index (κ3) is 3.03. The Morgan fingerprint density at radius 1 is 1.38 bits per heavy atom. The Balaban J connectivity index is 1.76. The molecule has 3 heterocycles. The van der Waals surface area contributed by atoms with Gasteiger partial charge in [-0.2, -0.15) is 0 Å². The van der Waals surface area contributed by atoms with E-state index in [9.17, 15) is 13.5 Å². The van der Waals surface area contributed by atoms with E-state index in [-0.39, 0.29) is 12.6 Å². The number of rotatable bonds is 4. The highest BCUT2D eigenvalue weighted by Gasteiger charge is 2.38. The summed E-state index contributed by atoms with van der Waals surface area (Å²) in [6.07, 6.45) is 4.38. The molecule has 1 aromatic rings. The molecule has 0 radical (unpaired) electrons. The molecule has 2 aliphatic heterocycles. The zero-order valence-corrected chi connectivity index (χ0v) is 13.8. The van der Waals surface area contributed by atoms with Gasteiger partial charge in [-0.3, -0.25) is 4.90 Å². The van der Waals surface area contributed by atoms with Crippen molar-refractivity contribution in [3.8, 4) is 0 Å². The lowest BCUT2D eigenvalue weighted by Crippen LogP contribution is -2.46. The van der Waals surface area contributed by atoms with Crippen LogP contribution in [-0.4, -0.2) is 43.6 Å². The summed E-state index contributed by atoms with van der Waals surface area (Å²) in [5.41, 5.74) is 0.841. The van der Waals surface area contributed by atoms with Crippen LogP contribution in [-0.2, 0) is 16.6 Å². The predicted molar refractivity (Wildman–Crippen MR) is 82.9 cm³/mol. The predicted octanol–water partition coefficient (Wildman–Crippen LogP) is 1.45. The quantitative estimate of drug-likeness (QED) is 0.877. The summed E-state index contributed by atoms with van der Waals surface area (Å²) >= 11 is 1.17. The number of sulfonamides is 1. The van der Waals surface area contributed by atoms with Gasteiger partial charge in [0.15, 0.2) is 0 Å². The fourth-order valence-electron chi connectivity index (χ4n) is 3.42. The van der Waals surface area contributed by atoms with Crippen LogP contribution in [0.5, 0.6) is 0 Å². The molecule has 3 rings (SSSR count). The zero-order chi connectivity index (χ0) is 15.0. The molecule has 118 valence electrons. The van der Waals surface area contributed by atoms with Crippen LogP contribution >= 0.6 is 11.3 Å². The molecule has 2 fully saturated rings. The molecule has 0 amide bonds. The van der Waals surface area contributed by atoms with Crippen LogP contribution in [0.4, 0.5) is 0 Å². The highest BCUT2D eigenvalue weighted by Crippen LogP contribution is 2.30. The lowest BCUT2D eigenvalue weighted by Gasteiger charge is -2.32. The molecule has 0 spiro atoms. The van der Waals surface area contributed by atoms with Crippen LogP contribution in [0.1, 0.15) is 36.1 Å². The van der Waals surface area contributed by atoms with Crippen LogP contribution < -0.4 is 4.72 Å². The van der Waals surface area contributed by atoms with Gasteiger partial charge in [-0.25, -0.2) is 13.1 Å². The summed E-state index contributed by atoms with van der Waals surface area (Å²) in [6, 6.07) is 2.04. The average molecular weight is 330 g/mol. The van der Waals surface area contributed by atoms with Crippen LogP contribution in [0.3, 0.4) is 0 Å². The van der Waals surface area contributed by atoms with E-state index >= 15 is 0 Å². The third-order valence-electron chi connectivity index (χ3n) is 4.57. The molecule has 2 saturated heterocycles. The van der Waals surface area contributed by atoms with Gasteiger partial charge in [-0.15, -0.1) is 11.3 Å². The Hall–Kier alpha value is -0.470. The minimum absolute atomic E-state index is 0.0234. The molecule has 0 aliphatic carbocycles. The van der Waals surface area contributed by atoms with Gasteiger partial charge in [0.1, 0.15) is 4.21 Å². The Kier molecular flexibility index (Phi) is 4.38. The van der Waals surface area contributed by atoms with Crippen molar-refractivity contribution < 1.29 is 13.5 Å². The fraction of sp³-hybridized carbons (Fsp3) is 0.714. The largest absolute Gasteiger partial charge is 0.391 e. The van der Waals surface area contributed by atoms with Crippen molar-refractivity contribution in [3.05, 3.63) is 16.5 Å². The van der Waals surface area contributed by atoms with Crippen molar-refractivity contribution in [2.45, 2.75) is 55.5 Å². The van der Waals surface area contributed by atoms with Crippen LogP contribution in [0.2, 0.25) is 0 Å². The maximum absolute atomic E-state index is 12.5. The topological polar surface area (TPSA) is 69.6 Å². The van der Waals surface area contributed by atoms with Crippen molar-refractivity contribution in [2.75, 3.05) is 13.1 Å². The Labute approximate surface area is 130 Å². The monoisotopic (exact) mass is 330 g/mol. The molecular formula is C14H22N2O3S2. The molecule has 2 unspecified atom stereocenters. The third-order valence-corrected chi connectivity index (χ3v) is 7.75. The number of aryl methyl sites for hydroxylation is 1. The molecule has 7 heteroatoms. The van der Waals surface area contributed by atoms with E-state index in [4.69, 9.17) is 0 Å². The fourth-order valence-corrected chi connectivity index (χ4v) is 6.19.